The third kappa shape index (κ3) is 5.10. The van der Waals surface area contributed by atoms with Crippen molar-refractivity contribution >= 4 is 27.5 Å². The highest BCUT2D eigenvalue weighted by Gasteiger charge is 2.42. The first-order valence-electron chi connectivity index (χ1n) is 9.44. The van der Waals surface area contributed by atoms with Crippen molar-refractivity contribution in [1.82, 2.24) is 4.31 Å². The predicted octanol–water partition coefficient (Wildman–Crippen LogP) is 3.37. The molecule has 1 amide bonds. The van der Waals surface area contributed by atoms with Gasteiger partial charge in [0.2, 0.25) is 15.9 Å². The van der Waals surface area contributed by atoms with Gasteiger partial charge in [0.25, 0.3) is 0 Å². The van der Waals surface area contributed by atoms with Gasteiger partial charge in [-0.1, -0.05) is 29.8 Å². The maximum absolute atomic E-state index is 13.2. The molecule has 1 heterocycles. The summed E-state index contributed by atoms with van der Waals surface area (Å²) in [6, 6.07) is 13.8. The summed E-state index contributed by atoms with van der Waals surface area (Å²) < 4.78 is 33.9. The number of nitrogens with two attached hydrogens (primary N) is 1. The van der Waals surface area contributed by atoms with E-state index < -0.39 is 21.3 Å². The molecule has 6 nitrogen and oxygen atoms in total. The molecule has 0 radical (unpaired) electrons. The maximum atomic E-state index is 13.2. The summed E-state index contributed by atoms with van der Waals surface area (Å²) in [6.07, 6.45) is 1.34. The Hall–Kier alpha value is -2.09. The Morgan fingerprint density at radius 1 is 1.21 bits per heavy atom. The molecule has 0 bridgehead atoms. The van der Waals surface area contributed by atoms with Crippen molar-refractivity contribution in [2.45, 2.75) is 31.1 Å². The van der Waals surface area contributed by atoms with Crippen molar-refractivity contribution in [3.8, 4) is 5.75 Å². The van der Waals surface area contributed by atoms with Gasteiger partial charge in [0.15, 0.2) is 0 Å². The highest BCUT2D eigenvalue weighted by atomic mass is 35.5. The highest BCUT2D eigenvalue weighted by Crippen LogP contribution is 2.37. The summed E-state index contributed by atoms with van der Waals surface area (Å²) in [5.74, 6) is 0.136. The normalized spacial score (nSPS) is 20.3. The second-order valence-electron chi connectivity index (χ2n) is 7.59. The largest absolute Gasteiger partial charge is 0.493 e. The molecule has 3 rings (SSSR count). The molecule has 2 aromatic carbocycles. The first-order chi connectivity index (χ1) is 13.7. The Morgan fingerprint density at radius 3 is 2.55 bits per heavy atom. The first-order valence-corrected chi connectivity index (χ1v) is 11.3. The molecule has 2 N–H and O–H groups in total. The number of halogens is 1. The molecule has 8 heteroatoms. The molecule has 2 aromatic rings. The molecule has 0 saturated carbocycles. The standard InChI is InChI=1S/C21H25ClN2O4S/c1-16-5-2-3-6-19(16)29(26,27)24-12-4-11-21(14-24,13-20(23)25)15-28-18-9-7-17(22)8-10-18/h2-3,5-10H,4,11-15H2,1H3,(H2,23,25)/t21-/m1/s1. The van der Waals surface area contributed by atoms with Crippen molar-refractivity contribution in [2.24, 2.45) is 11.1 Å². The lowest BCUT2D eigenvalue weighted by Gasteiger charge is -2.41. The molecule has 29 heavy (non-hydrogen) atoms. The Bertz CT molecular complexity index is 978. The van der Waals surface area contributed by atoms with E-state index in [4.69, 9.17) is 22.1 Å². The van der Waals surface area contributed by atoms with Crippen molar-refractivity contribution in [2.75, 3.05) is 19.7 Å². The number of carbonyl (C=O) groups is 1. The number of rotatable bonds is 7. The van der Waals surface area contributed by atoms with E-state index in [2.05, 4.69) is 0 Å². The molecule has 1 saturated heterocycles. The first kappa shape index (κ1) is 21.6. The van der Waals surface area contributed by atoms with Crippen LogP contribution in [0.5, 0.6) is 5.75 Å². The number of primary amides is 1. The van der Waals surface area contributed by atoms with Gasteiger partial charge in [0.1, 0.15) is 5.75 Å². The van der Waals surface area contributed by atoms with Gasteiger partial charge in [-0.15, -0.1) is 0 Å². The number of carbonyl (C=O) groups excluding carboxylic acids is 1. The summed E-state index contributed by atoms with van der Waals surface area (Å²) in [7, 11) is -3.68. The summed E-state index contributed by atoms with van der Waals surface area (Å²) in [5, 5.41) is 0.595. The molecule has 0 aromatic heterocycles. The predicted molar refractivity (Wildman–Crippen MR) is 112 cm³/mol. The zero-order valence-electron chi connectivity index (χ0n) is 16.3. The van der Waals surface area contributed by atoms with Gasteiger partial charge in [0.05, 0.1) is 11.5 Å². The number of amides is 1. The third-order valence-electron chi connectivity index (χ3n) is 5.25. The van der Waals surface area contributed by atoms with Crippen LogP contribution in [-0.4, -0.2) is 38.3 Å². The average molecular weight is 437 g/mol. The van der Waals surface area contributed by atoms with E-state index in [0.717, 1.165) is 0 Å². The summed E-state index contributed by atoms with van der Waals surface area (Å²) in [5.41, 5.74) is 5.52. The van der Waals surface area contributed by atoms with Crippen LogP contribution in [0, 0.1) is 12.3 Å². The van der Waals surface area contributed by atoms with Gasteiger partial charge in [-0.2, -0.15) is 4.31 Å². The summed E-state index contributed by atoms with van der Waals surface area (Å²) in [6.45, 7) is 2.55. The maximum Gasteiger partial charge on any atom is 0.243 e. The number of piperidine rings is 1. The topological polar surface area (TPSA) is 89.7 Å². The fourth-order valence-electron chi connectivity index (χ4n) is 3.80. The number of sulfonamides is 1. The number of hydrogen-bond donors (Lipinski definition) is 1. The van der Waals surface area contributed by atoms with E-state index in [0.29, 0.717) is 35.7 Å². The Labute approximate surface area is 176 Å². The SMILES string of the molecule is Cc1ccccc1S(=O)(=O)N1CCC[C@@](COc2ccc(Cl)cc2)(CC(N)=O)C1. The molecular formula is C21H25ClN2O4S. The van der Waals surface area contributed by atoms with Crippen LogP contribution in [0.4, 0.5) is 0 Å². The van der Waals surface area contributed by atoms with Crippen LogP contribution in [0.25, 0.3) is 0 Å². The van der Waals surface area contributed by atoms with Crippen LogP contribution in [0.1, 0.15) is 24.8 Å². The van der Waals surface area contributed by atoms with E-state index in [1.807, 2.05) is 6.07 Å². The molecular weight excluding hydrogens is 412 g/mol. The molecule has 0 aliphatic carbocycles. The average Bonchev–Trinajstić information content (AvgIpc) is 2.67. The zero-order chi connectivity index (χ0) is 21.1. The van der Waals surface area contributed by atoms with Gasteiger partial charge >= 0.3 is 0 Å². The van der Waals surface area contributed by atoms with Crippen molar-refractivity contribution < 1.29 is 17.9 Å². The van der Waals surface area contributed by atoms with Gasteiger partial charge in [-0.3, -0.25) is 4.79 Å². The smallest absolute Gasteiger partial charge is 0.243 e. The fraction of sp³-hybridized carbons (Fsp3) is 0.381. The minimum atomic E-state index is -3.68. The van der Waals surface area contributed by atoms with Crippen LogP contribution in [-0.2, 0) is 14.8 Å². The van der Waals surface area contributed by atoms with E-state index in [-0.39, 0.29) is 24.5 Å². The summed E-state index contributed by atoms with van der Waals surface area (Å²) >= 11 is 5.91. The number of aryl methyl sites for hydroxylation is 1. The van der Waals surface area contributed by atoms with Crippen LogP contribution in [0.2, 0.25) is 5.02 Å². The van der Waals surface area contributed by atoms with Gasteiger partial charge in [0, 0.05) is 29.9 Å². The number of hydrogen-bond acceptors (Lipinski definition) is 4. The number of ether oxygens (including phenoxy) is 1. The van der Waals surface area contributed by atoms with E-state index >= 15 is 0 Å². The van der Waals surface area contributed by atoms with Crippen molar-refractivity contribution in [3.63, 3.8) is 0 Å². The zero-order valence-corrected chi connectivity index (χ0v) is 17.9. The summed E-state index contributed by atoms with van der Waals surface area (Å²) in [4.78, 5) is 12.1. The quantitative estimate of drug-likeness (QED) is 0.720. The molecule has 1 fully saturated rings. The molecule has 1 aliphatic rings. The van der Waals surface area contributed by atoms with Crippen molar-refractivity contribution in [1.29, 1.82) is 0 Å². The van der Waals surface area contributed by atoms with Gasteiger partial charge in [-0.05, 0) is 55.7 Å². The van der Waals surface area contributed by atoms with E-state index in [1.54, 1.807) is 49.4 Å². The number of benzene rings is 2. The molecule has 0 spiro atoms. The van der Waals surface area contributed by atoms with Crippen molar-refractivity contribution in [3.05, 3.63) is 59.1 Å². The van der Waals surface area contributed by atoms with Crippen LogP contribution < -0.4 is 10.5 Å². The molecule has 0 unspecified atom stereocenters. The fourth-order valence-corrected chi connectivity index (χ4v) is 5.75. The van der Waals surface area contributed by atoms with E-state index in [1.165, 1.54) is 4.31 Å². The minimum Gasteiger partial charge on any atom is -0.493 e. The Balaban J connectivity index is 1.84. The molecule has 156 valence electrons. The lowest BCUT2D eigenvalue weighted by Crippen LogP contribution is -2.50. The van der Waals surface area contributed by atoms with Gasteiger partial charge < -0.3 is 10.5 Å². The van der Waals surface area contributed by atoms with Crippen LogP contribution in [0.3, 0.4) is 0 Å². The van der Waals surface area contributed by atoms with Crippen LogP contribution in [0.15, 0.2) is 53.4 Å². The Morgan fingerprint density at radius 2 is 1.90 bits per heavy atom. The monoisotopic (exact) mass is 436 g/mol. The second-order valence-corrected chi connectivity index (χ2v) is 9.94. The lowest BCUT2D eigenvalue weighted by molar-refractivity contribution is -0.121. The molecule has 1 aliphatic heterocycles. The second kappa shape index (κ2) is 8.73. The van der Waals surface area contributed by atoms with Crippen LogP contribution >= 0.6 is 11.6 Å². The molecule has 1 atom stereocenters. The lowest BCUT2D eigenvalue weighted by atomic mass is 9.78. The van der Waals surface area contributed by atoms with E-state index in [9.17, 15) is 13.2 Å². The Kier molecular flexibility index (Phi) is 6.51. The third-order valence-corrected chi connectivity index (χ3v) is 7.50. The highest BCUT2D eigenvalue weighted by molar-refractivity contribution is 7.89. The number of nitrogens with zero attached hydrogens (tertiary/aromatic N) is 1. The van der Waals surface area contributed by atoms with Gasteiger partial charge in [-0.25, -0.2) is 8.42 Å². The minimum absolute atomic E-state index is 0.0559.